The highest BCUT2D eigenvalue weighted by Crippen LogP contribution is 2.44. The van der Waals surface area contributed by atoms with Crippen LogP contribution < -0.4 is 5.32 Å². The molecule has 7 heteroatoms. The van der Waals surface area contributed by atoms with Crippen LogP contribution in [0, 0.1) is 11.8 Å². The lowest BCUT2D eigenvalue weighted by atomic mass is 9.98. The molecule has 7 nitrogen and oxygen atoms in total. The van der Waals surface area contributed by atoms with Crippen LogP contribution in [-0.2, 0) is 19.1 Å². The van der Waals surface area contributed by atoms with Crippen LogP contribution in [0.4, 0.5) is 4.79 Å². The van der Waals surface area contributed by atoms with Crippen molar-refractivity contribution in [2.75, 3.05) is 13.7 Å². The minimum absolute atomic E-state index is 0.0742. The Morgan fingerprint density at radius 2 is 1.60 bits per heavy atom. The smallest absolute Gasteiger partial charge is 0.407 e. The van der Waals surface area contributed by atoms with Crippen molar-refractivity contribution in [1.29, 1.82) is 0 Å². The topological polar surface area (TPSA) is 102 Å². The number of aliphatic carboxylic acids is 1. The van der Waals surface area contributed by atoms with E-state index in [2.05, 4.69) is 17.4 Å². The molecule has 2 N–H and O–H groups in total. The third-order valence-electron chi connectivity index (χ3n) is 6.06. The Bertz CT molecular complexity index is 942. The summed E-state index contributed by atoms with van der Waals surface area (Å²) in [5.74, 6) is -2.98. The zero-order valence-corrected chi connectivity index (χ0v) is 16.5. The van der Waals surface area contributed by atoms with Crippen LogP contribution in [0.2, 0.25) is 0 Å². The fourth-order valence-corrected chi connectivity index (χ4v) is 4.60. The van der Waals surface area contributed by atoms with E-state index >= 15 is 0 Å². The van der Waals surface area contributed by atoms with Gasteiger partial charge in [0.2, 0.25) is 0 Å². The largest absolute Gasteiger partial charge is 0.481 e. The van der Waals surface area contributed by atoms with Crippen molar-refractivity contribution >= 4 is 18.0 Å². The Balaban J connectivity index is 1.44. The first-order valence-electron chi connectivity index (χ1n) is 9.91. The number of fused-ring (bicyclic) bond motifs is 3. The molecule has 2 aromatic carbocycles. The maximum Gasteiger partial charge on any atom is 0.407 e. The lowest BCUT2D eigenvalue weighted by Gasteiger charge is -2.20. The molecule has 0 aromatic heterocycles. The molecule has 4 rings (SSSR count). The monoisotopic (exact) mass is 409 g/mol. The summed E-state index contributed by atoms with van der Waals surface area (Å²) in [4.78, 5) is 35.8. The molecule has 0 saturated heterocycles. The summed E-state index contributed by atoms with van der Waals surface area (Å²) in [7, 11) is 1.25. The van der Waals surface area contributed by atoms with Gasteiger partial charge in [0.1, 0.15) is 6.61 Å². The Labute approximate surface area is 174 Å². The Morgan fingerprint density at radius 1 is 1.00 bits per heavy atom. The van der Waals surface area contributed by atoms with Crippen LogP contribution in [0.15, 0.2) is 48.5 Å². The first kappa shape index (κ1) is 19.9. The van der Waals surface area contributed by atoms with Crippen molar-refractivity contribution in [2.24, 2.45) is 11.8 Å². The van der Waals surface area contributed by atoms with E-state index in [9.17, 15) is 19.5 Å². The lowest BCUT2D eigenvalue weighted by Crippen LogP contribution is -2.41. The molecule has 0 bridgehead atoms. The fourth-order valence-electron chi connectivity index (χ4n) is 4.60. The standard InChI is InChI=1S/C23H23NO6/c1-29-22(27)18-10-13(21(25)26)11-20(18)24-23(28)30-12-19-16-8-4-2-6-14(16)15-7-3-5-9-17(15)19/h2-9,13,18-20H,10-12H2,1H3,(H,24,28)(H,25,26)/t13-,18-,20+/m1/s1. The normalized spacial score (nSPS) is 22.1. The van der Waals surface area contributed by atoms with Gasteiger partial charge in [0.25, 0.3) is 0 Å². The van der Waals surface area contributed by atoms with Crippen molar-refractivity contribution in [3.05, 3.63) is 59.7 Å². The molecule has 2 aliphatic carbocycles. The van der Waals surface area contributed by atoms with Crippen LogP contribution in [0.5, 0.6) is 0 Å². The summed E-state index contributed by atoms with van der Waals surface area (Å²) in [6.45, 7) is 0.151. The van der Waals surface area contributed by atoms with Crippen LogP contribution in [0.25, 0.3) is 11.1 Å². The van der Waals surface area contributed by atoms with Crippen molar-refractivity contribution in [3.8, 4) is 11.1 Å². The number of ether oxygens (including phenoxy) is 2. The third-order valence-corrected chi connectivity index (χ3v) is 6.06. The highest BCUT2D eigenvalue weighted by atomic mass is 16.5. The van der Waals surface area contributed by atoms with Crippen molar-refractivity contribution in [1.82, 2.24) is 5.32 Å². The van der Waals surface area contributed by atoms with Gasteiger partial charge in [-0.3, -0.25) is 9.59 Å². The predicted molar refractivity (Wildman–Crippen MR) is 108 cm³/mol. The number of methoxy groups -OCH3 is 1. The van der Waals surface area contributed by atoms with Gasteiger partial charge >= 0.3 is 18.0 Å². The second-order valence-corrected chi connectivity index (χ2v) is 7.71. The number of alkyl carbamates (subject to hydrolysis) is 1. The van der Waals surface area contributed by atoms with Crippen molar-refractivity contribution in [2.45, 2.75) is 24.8 Å². The van der Waals surface area contributed by atoms with Gasteiger partial charge in [0, 0.05) is 12.0 Å². The zero-order chi connectivity index (χ0) is 21.3. The number of esters is 1. The Morgan fingerprint density at radius 3 is 2.17 bits per heavy atom. The second kappa shape index (κ2) is 8.18. The molecular formula is C23H23NO6. The minimum atomic E-state index is -0.985. The quantitative estimate of drug-likeness (QED) is 0.736. The number of amides is 1. The molecular weight excluding hydrogens is 386 g/mol. The predicted octanol–water partition coefficient (Wildman–Crippen LogP) is 3.18. The van der Waals surface area contributed by atoms with E-state index in [0.717, 1.165) is 22.3 Å². The number of hydrogen-bond acceptors (Lipinski definition) is 5. The molecule has 0 unspecified atom stereocenters. The van der Waals surface area contributed by atoms with Gasteiger partial charge in [-0.2, -0.15) is 0 Å². The minimum Gasteiger partial charge on any atom is -0.481 e. The van der Waals surface area contributed by atoms with Crippen molar-refractivity contribution < 1.29 is 29.0 Å². The Kier molecular flexibility index (Phi) is 5.44. The number of rotatable bonds is 5. The van der Waals surface area contributed by atoms with Gasteiger partial charge in [-0.15, -0.1) is 0 Å². The molecule has 0 heterocycles. The second-order valence-electron chi connectivity index (χ2n) is 7.71. The third kappa shape index (κ3) is 3.63. The number of nitrogens with one attached hydrogen (secondary N) is 1. The summed E-state index contributed by atoms with van der Waals surface area (Å²) in [5, 5.41) is 11.9. The molecule has 0 aliphatic heterocycles. The number of carboxylic acid groups (broad SMARTS) is 1. The van der Waals surface area contributed by atoms with E-state index in [4.69, 9.17) is 9.47 Å². The number of carboxylic acids is 1. The Hall–Kier alpha value is -3.35. The van der Waals surface area contributed by atoms with E-state index in [1.54, 1.807) is 0 Å². The average Bonchev–Trinajstić information content (AvgIpc) is 3.31. The van der Waals surface area contributed by atoms with E-state index in [-0.39, 0.29) is 25.4 Å². The number of benzene rings is 2. The summed E-state index contributed by atoms with van der Waals surface area (Å²) >= 11 is 0. The number of carbonyl (C=O) groups is 3. The van der Waals surface area contributed by atoms with E-state index in [0.29, 0.717) is 0 Å². The number of hydrogen-bond donors (Lipinski definition) is 2. The van der Waals surface area contributed by atoms with E-state index < -0.39 is 35.9 Å². The lowest BCUT2D eigenvalue weighted by molar-refractivity contribution is -0.146. The van der Waals surface area contributed by atoms with Gasteiger partial charge in [-0.25, -0.2) is 4.79 Å². The van der Waals surface area contributed by atoms with Gasteiger partial charge in [0.15, 0.2) is 0 Å². The van der Waals surface area contributed by atoms with E-state index in [1.807, 2.05) is 36.4 Å². The molecule has 3 atom stereocenters. The molecule has 1 saturated carbocycles. The molecule has 0 spiro atoms. The highest BCUT2D eigenvalue weighted by Gasteiger charge is 2.43. The summed E-state index contributed by atoms with van der Waals surface area (Å²) < 4.78 is 10.3. The van der Waals surface area contributed by atoms with Crippen LogP contribution in [0.3, 0.4) is 0 Å². The molecule has 1 fully saturated rings. The molecule has 2 aromatic rings. The first-order chi connectivity index (χ1) is 14.5. The SMILES string of the molecule is COC(=O)[C@@H]1C[C@@H](C(=O)O)C[C@@H]1NC(=O)OCC1c2ccccc2-c2ccccc21. The molecule has 1 amide bonds. The van der Waals surface area contributed by atoms with Gasteiger partial charge in [-0.05, 0) is 35.1 Å². The van der Waals surface area contributed by atoms with Gasteiger partial charge < -0.3 is 19.9 Å². The summed E-state index contributed by atoms with van der Waals surface area (Å²) in [5.41, 5.74) is 4.47. The van der Waals surface area contributed by atoms with E-state index in [1.165, 1.54) is 7.11 Å². The fraction of sp³-hybridized carbons (Fsp3) is 0.348. The van der Waals surface area contributed by atoms with Crippen LogP contribution >= 0.6 is 0 Å². The van der Waals surface area contributed by atoms with Gasteiger partial charge in [-0.1, -0.05) is 48.5 Å². The van der Waals surface area contributed by atoms with Crippen LogP contribution in [0.1, 0.15) is 29.9 Å². The average molecular weight is 409 g/mol. The molecule has 2 aliphatic rings. The van der Waals surface area contributed by atoms with Crippen LogP contribution in [-0.4, -0.2) is 42.9 Å². The highest BCUT2D eigenvalue weighted by molar-refractivity contribution is 5.80. The summed E-state index contributed by atoms with van der Waals surface area (Å²) in [6.07, 6.45) is -0.364. The summed E-state index contributed by atoms with van der Waals surface area (Å²) in [6, 6.07) is 15.4. The maximum atomic E-state index is 12.5. The first-order valence-corrected chi connectivity index (χ1v) is 9.91. The molecule has 0 radical (unpaired) electrons. The van der Waals surface area contributed by atoms with Gasteiger partial charge in [0.05, 0.1) is 18.9 Å². The molecule has 30 heavy (non-hydrogen) atoms. The molecule has 156 valence electrons. The van der Waals surface area contributed by atoms with Crippen molar-refractivity contribution in [3.63, 3.8) is 0 Å². The maximum absolute atomic E-state index is 12.5. The zero-order valence-electron chi connectivity index (χ0n) is 16.5. The number of carbonyl (C=O) groups excluding carboxylic acids is 2.